The van der Waals surface area contributed by atoms with Crippen LogP contribution in [0.2, 0.25) is 0 Å². The van der Waals surface area contributed by atoms with Crippen molar-refractivity contribution in [3.8, 4) is 5.95 Å². The summed E-state index contributed by atoms with van der Waals surface area (Å²) in [5.41, 5.74) is 2.47. The fourth-order valence-electron chi connectivity index (χ4n) is 2.63. The summed E-state index contributed by atoms with van der Waals surface area (Å²) in [6.45, 7) is 1.76. The molecule has 0 amide bonds. The Morgan fingerprint density at radius 3 is 2.67 bits per heavy atom. The van der Waals surface area contributed by atoms with Crippen LogP contribution in [-0.2, 0) is 6.42 Å². The van der Waals surface area contributed by atoms with Crippen molar-refractivity contribution in [2.24, 2.45) is 0 Å². The minimum absolute atomic E-state index is 0.252. The highest BCUT2D eigenvalue weighted by Gasteiger charge is 2.16. The molecule has 4 aromatic rings. The average Bonchev–Trinajstić information content (AvgIpc) is 3.11. The van der Waals surface area contributed by atoms with Gasteiger partial charge in [0.25, 0.3) is 0 Å². The first-order valence-corrected chi connectivity index (χ1v) is 7.27. The molecule has 3 aromatic heterocycles. The molecule has 0 bridgehead atoms. The molecule has 0 saturated carbocycles. The molecule has 4 rings (SSSR count). The van der Waals surface area contributed by atoms with Gasteiger partial charge in [0.05, 0.1) is 11.2 Å². The molecule has 0 atom stereocenters. The first kappa shape index (κ1) is 14.4. The van der Waals surface area contributed by atoms with Gasteiger partial charge in [-0.2, -0.15) is 19.9 Å². The zero-order valence-electron chi connectivity index (χ0n) is 12.7. The molecule has 0 saturated heterocycles. The molecule has 0 radical (unpaired) electrons. The van der Waals surface area contributed by atoms with E-state index < -0.39 is 11.6 Å². The fraction of sp³-hybridized carbons (Fsp3) is 0.125. The van der Waals surface area contributed by atoms with Crippen LogP contribution < -0.4 is 0 Å². The number of fused-ring (bicyclic) bond motifs is 1. The van der Waals surface area contributed by atoms with Crippen molar-refractivity contribution >= 4 is 11.0 Å². The Morgan fingerprint density at radius 2 is 1.96 bits per heavy atom. The van der Waals surface area contributed by atoms with Crippen LogP contribution in [0.25, 0.3) is 17.0 Å². The summed E-state index contributed by atoms with van der Waals surface area (Å²) < 4.78 is 28.4. The Kier molecular flexibility index (Phi) is 3.30. The zero-order chi connectivity index (χ0) is 16.7. The maximum atomic E-state index is 13.4. The van der Waals surface area contributed by atoms with Crippen molar-refractivity contribution in [1.29, 1.82) is 0 Å². The second-order valence-corrected chi connectivity index (χ2v) is 5.39. The molecule has 1 aromatic carbocycles. The van der Waals surface area contributed by atoms with E-state index in [4.69, 9.17) is 0 Å². The minimum atomic E-state index is -0.618. The summed E-state index contributed by atoms with van der Waals surface area (Å²) in [5, 5.41) is 11.3. The van der Waals surface area contributed by atoms with Gasteiger partial charge in [0.1, 0.15) is 23.0 Å². The number of aromatic nitrogens is 6. The van der Waals surface area contributed by atoms with Crippen LogP contribution in [0.5, 0.6) is 0 Å². The molecule has 0 aliphatic rings. The topological polar surface area (TPSA) is 72.3 Å². The number of pyridine rings is 1. The lowest BCUT2D eigenvalue weighted by Crippen LogP contribution is -2.00. The first-order valence-electron chi connectivity index (χ1n) is 7.27. The van der Waals surface area contributed by atoms with E-state index in [0.29, 0.717) is 28.5 Å². The number of H-pyrrole nitrogens is 1. The van der Waals surface area contributed by atoms with Gasteiger partial charge in [-0.3, -0.25) is 4.98 Å². The van der Waals surface area contributed by atoms with Gasteiger partial charge in [-0.1, -0.05) is 0 Å². The number of halogens is 2. The van der Waals surface area contributed by atoms with Crippen LogP contribution >= 0.6 is 0 Å². The summed E-state index contributed by atoms with van der Waals surface area (Å²) in [4.78, 5) is 8.61. The molecule has 120 valence electrons. The van der Waals surface area contributed by atoms with Crippen LogP contribution in [0.1, 0.15) is 17.1 Å². The Labute approximate surface area is 135 Å². The first-order chi connectivity index (χ1) is 11.6. The smallest absolute Gasteiger partial charge is 0.247 e. The third kappa shape index (κ3) is 2.51. The van der Waals surface area contributed by atoms with E-state index in [-0.39, 0.29) is 6.42 Å². The standard InChI is InChI=1S/C16H12F2N6/c1-9-20-16(22-21-9)24-14-3-2-4-19-15(14)13(23-24)7-10-5-11(17)8-12(18)6-10/h2-6,8H,7H2,1H3,(H,20,21,22). The number of nitrogens with zero attached hydrogens (tertiary/aromatic N) is 5. The molecule has 0 aliphatic carbocycles. The van der Waals surface area contributed by atoms with Gasteiger partial charge in [0, 0.05) is 18.7 Å². The predicted molar refractivity (Wildman–Crippen MR) is 82.7 cm³/mol. The summed E-state index contributed by atoms with van der Waals surface area (Å²) in [6.07, 6.45) is 1.90. The molecule has 24 heavy (non-hydrogen) atoms. The summed E-state index contributed by atoms with van der Waals surface area (Å²) in [5.74, 6) is -0.187. The lowest BCUT2D eigenvalue weighted by molar-refractivity contribution is 0.580. The molecular formula is C16H12F2N6. The largest absolute Gasteiger partial charge is 0.253 e. The van der Waals surface area contributed by atoms with Crippen molar-refractivity contribution in [3.63, 3.8) is 0 Å². The Hall–Kier alpha value is -3.16. The number of hydrogen-bond acceptors (Lipinski definition) is 4. The maximum absolute atomic E-state index is 13.4. The van der Waals surface area contributed by atoms with Crippen LogP contribution in [0.15, 0.2) is 36.5 Å². The molecule has 0 aliphatic heterocycles. The highest BCUT2D eigenvalue weighted by molar-refractivity contribution is 5.79. The van der Waals surface area contributed by atoms with Crippen LogP contribution in [0.4, 0.5) is 8.78 Å². The van der Waals surface area contributed by atoms with E-state index >= 15 is 0 Å². The molecule has 6 nitrogen and oxygen atoms in total. The minimum Gasteiger partial charge on any atom is -0.253 e. The second kappa shape index (κ2) is 5.48. The molecule has 8 heteroatoms. The monoisotopic (exact) mass is 326 g/mol. The third-order valence-electron chi connectivity index (χ3n) is 3.59. The molecule has 0 unspecified atom stereocenters. The Bertz CT molecular complexity index is 1020. The van der Waals surface area contributed by atoms with Crippen molar-refractivity contribution in [1.82, 2.24) is 29.9 Å². The third-order valence-corrected chi connectivity index (χ3v) is 3.59. The quantitative estimate of drug-likeness (QED) is 0.628. The van der Waals surface area contributed by atoms with Gasteiger partial charge in [-0.05, 0) is 36.8 Å². The van der Waals surface area contributed by atoms with Crippen LogP contribution in [-0.4, -0.2) is 29.9 Å². The maximum Gasteiger partial charge on any atom is 0.247 e. The van der Waals surface area contributed by atoms with Crippen LogP contribution in [0.3, 0.4) is 0 Å². The lowest BCUT2D eigenvalue weighted by atomic mass is 10.1. The SMILES string of the molecule is Cc1n[nH]c(-n2nc(Cc3cc(F)cc(F)c3)c3ncccc32)n1. The van der Waals surface area contributed by atoms with Crippen LogP contribution in [0, 0.1) is 18.6 Å². The second-order valence-electron chi connectivity index (χ2n) is 5.39. The van der Waals surface area contributed by atoms with Crippen molar-refractivity contribution in [2.45, 2.75) is 13.3 Å². The normalized spacial score (nSPS) is 11.3. The van der Waals surface area contributed by atoms with Crippen molar-refractivity contribution in [3.05, 3.63) is 65.2 Å². The highest BCUT2D eigenvalue weighted by Crippen LogP contribution is 2.21. The van der Waals surface area contributed by atoms with E-state index in [1.165, 1.54) is 12.1 Å². The Balaban J connectivity index is 1.84. The molecule has 1 N–H and O–H groups in total. The number of aromatic amines is 1. The van der Waals surface area contributed by atoms with E-state index in [0.717, 1.165) is 11.6 Å². The summed E-state index contributed by atoms with van der Waals surface area (Å²) in [6, 6.07) is 7.05. The number of benzene rings is 1. The number of nitrogens with one attached hydrogen (secondary N) is 1. The van der Waals surface area contributed by atoms with E-state index in [1.54, 1.807) is 23.9 Å². The van der Waals surface area contributed by atoms with Gasteiger partial charge in [0.2, 0.25) is 5.95 Å². The van der Waals surface area contributed by atoms with Gasteiger partial charge in [0.15, 0.2) is 0 Å². The molecule has 3 heterocycles. The van der Waals surface area contributed by atoms with E-state index in [1.807, 2.05) is 6.07 Å². The lowest BCUT2D eigenvalue weighted by Gasteiger charge is -2.00. The van der Waals surface area contributed by atoms with Gasteiger partial charge >= 0.3 is 0 Å². The summed E-state index contributed by atoms with van der Waals surface area (Å²) in [7, 11) is 0. The van der Waals surface area contributed by atoms with Crippen molar-refractivity contribution in [2.75, 3.05) is 0 Å². The predicted octanol–water partition coefficient (Wildman–Crippen LogP) is 2.72. The van der Waals surface area contributed by atoms with E-state index in [9.17, 15) is 8.78 Å². The highest BCUT2D eigenvalue weighted by atomic mass is 19.1. The number of hydrogen-bond donors (Lipinski definition) is 1. The fourth-order valence-corrected chi connectivity index (χ4v) is 2.63. The number of aryl methyl sites for hydroxylation is 1. The molecular weight excluding hydrogens is 314 g/mol. The van der Waals surface area contributed by atoms with Crippen molar-refractivity contribution < 1.29 is 8.78 Å². The molecule has 0 spiro atoms. The van der Waals surface area contributed by atoms with Gasteiger partial charge in [-0.25, -0.2) is 13.9 Å². The van der Waals surface area contributed by atoms with E-state index in [2.05, 4.69) is 25.3 Å². The van der Waals surface area contributed by atoms with Gasteiger partial charge < -0.3 is 0 Å². The summed E-state index contributed by atoms with van der Waals surface area (Å²) >= 11 is 0. The molecule has 0 fully saturated rings. The average molecular weight is 326 g/mol. The Morgan fingerprint density at radius 1 is 1.17 bits per heavy atom. The zero-order valence-corrected chi connectivity index (χ0v) is 12.7. The van der Waals surface area contributed by atoms with Gasteiger partial charge in [-0.15, -0.1) is 0 Å². The number of rotatable bonds is 3.